The van der Waals surface area contributed by atoms with Crippen molar-refractivity contribution in [1.82, 2.24) is 15.1 Å². The number of carbonyl (C=O) groups excluding carboxylic acids is 1. The van der Waals surface area contributed by atoms with Crippen LogP contribution in [0.4, 0.5) is 0 Å². The Kier molecular flexibility index (Phi) is 4.42. The average molecular weight is 335 g/mol. The fourth-order valence-electron chi connectivity index (χ4n) is 2.67. The number of aryl methyl sites for hydroxylation is 2. The van der Waals surface area contributed by atoms with E-state index >= 15 is 0 Å². The summed E-state index contributed by atoms with van der Waals surface area (Å²) in [6.45, 7) is 0.873. The highest BCUT2D eigenvalue weighted by Crippen LogP contribution is 2.39. The second kappa shape index (κ2) is 6.49. The molecule has 2 N–H and O–H groups in total. The lowest BCUT2D eigenvalue weighted by molar-refractivity contribution is -0.136. The Bertz CT molecular complexity index is 684. The monoisotopic (exact) mass is 335 g/mol. The first-order chi connectivity index (χ1) is 11.1. The summed E-state index contributed by atoms with van der Waals surface area (Å²) < 4.78 is 6.80. The fourth-order valence-corrected chi connectivity index (χ4v) is 3.67. The molecule has 8 heteroatoms. The largest absolute Gasteiger partial charge is 0.477 e. The first kappa shape index (κ1) is 15.7. The molecule has 2 aliphatic rings. The fraction of sp³-hybridized carbons (Fsp3) is 0.400. The summed E-state index contributed by atoms with van der Waals surface area (Å²) in [6.07, 6.45) is 4.59. The van der Waals surface area contributed by atoms with Crippen molar-refractivity contribution in [3.05, 3.63) is 40.3 Å². The Morgan fingerprint density at radius 2 is 2.30 bits per heavy atom. The van der Waals surface area contributed by atoms with E-state index in [1.165, 1.54) is 30.5 Å². The zero-order valence-electron chi connectivity index (χ0n) is 12.6. The quantitative estimate of drug-likeness (QED) is 0.810. The van der Waals surface area contributed by atoms with Crippen molar-refractivity contribution in [3.63, 3.8) is 0 Å². The van der Waals surface area contributed by atoms with E-state index in [0.29, 0.717) is 5.57 Å². The van der Waals surface area contributed by atoms with Crippen molar-refractivity contribution in [1.29, 1.82) is 0 Å². The van der Waals surface area contributed by atoms with E-state index in [2.05, 4.69) is 10.4 Å². The molecule has 3 heterocycles. The summed E-state index contributed by atoms with van der Waals surface area (Å²) in [5.41, 5.74) is 2.26. The normalized spacial score (nSPS) is 20.5. The highest BCUT2D eigenvalue weighted by atomic mass is 32.2. The molecule has 0 fully saturated rings. The van der Waals surface area contributed by atoms with Gasteiger partial charge >= 0.3 is 11.9 Å². The number of aromatic nitrogens is 2. The van der Waals surface area contributed by atoms with Crippen molar-refractivity contribution in [3.8, 4) is 0 Å². The second-order valence-electron chi connectivity index (χ2n) is 5.33. The van der Waals surface area contributed by atoms with Crippen LogP contribution in [0.2, 0.25) is 0 Å². The molecule has 0 amide bonds. The summed E-state index contributed by atoms with van der Waals surface area (Å²) in [6, 6.07) is 1.99. The molecule has 0 bridgehead atoms. The molecule has 0 saturated carbocycles. The number of hydrogen-bond acceptors (Lipinski definition) is 6. The maximum absolute atomic E-state index is 12.1. The topological polar surface area (TPSA) is 93.5 Å². The summed E-state index contributed by atoms with van der Waals surface area (Å²) in [4.78, 5) is 23.2. The number of hydrogen-bond donors (Lipinski definition) is 2. The molecule has 0 saturated heterocycles. The van der Waals surface area contributed by atoms with Crippen LogP contribution >= 0.6 is 11.8 Å². The van der Waals surface area contributed by atoms with Gasteiger partial charge in [0, 0.05) is 23.8 Å². The molecule has 0 aromatic carbocycles. The van der Waals surface area contributed by atoms with Crippen LogP contribution in [0, 0.1) is 0 Å². The van der Waals surface area contributed by atoms with Gasteiger partial charge in [-0.2, -0.15) is 5.10 Å². The molecule has 0 aliphatic carbocycles. The first-order valence-electron chi connectivity index (χ1n) is 7.30. The number of methoxy groups -OCH3 is 1. The van der Waals surface area contributed by atoms with E-state index in [4.69, 9.17) is 9.84 Å². The maximum Gasteiger partial charge on any atom is 0.352 e. The van der Waals surface area contributed by atoms with Crippen LogP contribution in [0.1, 0.15) is 29.5 Å². The lowest BCUT2D eigenvalue weighted by Crippen LogP contribution is -2.17. The minimum atomic E-state index is -1.08. The van der Waals surface area contributed by atoms with E-state index in [0.717, 1.165) is 37.2 Å². The van der Waals surface area contributed by atoms with Crippen LogP contribution in [0.15, 0.2) is 28.9 Å². The van der Waals surface area contributed by atoms with Crippen LogP contribution in [0.3, 0.4) is 0 Å². The SMILES string of the molecule is COC(=O)C1=CNC(C(=O)O)=CSC1c1cc2n(n1)CCCC2. The van der Waals surface area contributed by atoms with E-state index in [1.807, 2.05) is 10.7 Å². The predicted octanol–water partition coefficient (Wildman–Crippen LogP) is 1.58. The third-order valence-corrected chi connectivity index (χ3v) is 4.98. The van der Waals surface area contributed by atoms with Gasteiger partial charge in [-0.25, -0.2) is 9.59 Å². The van der Waals surface area contributed by atoms with Gasteiger partial charge in [0.1, 0.15) is 5.70 Å². The van der Waals surface area contributed by atoms with Crippen molar-refractivity contribution in [2.75, 3.05) is 7.11 Å². The summed E-state index contributed by atoms with van der Waals surface area (Å²) in [5, 5.41) is 17.5. The minimum Gasteiger partial charge on any atom is -0.477 e. The number of fused-ring (bicyclic) bond motifs is 1. The number of carboxylic acid groups (broad SMARTS) is 1. The van der Waals surface area contributed by atoms with Gasteiger partial charge in [0.05, 0.1) is 23.6 Å². The molecule has 1 aromatic rings. The molecule has 7 nitrogen and oxygen atoms in total. The number of nitrogens with one attached hydrogen (secondary N) is 1. The standard InChI is InChI=1S/C15H17N3O4S/c1-22-15(21)10-7-16-12(14(19)20)8-23-13(10)11-6-9-4-2-3-5-18(9)17-11/h6-8,13,16H,2-5H2,1H3,(H,19,20). The zero-order chi connectivity index (χ0) is 16.4. The van der Waals surface area contributed by atoms with Gasteiger partial charge in [0.15, 0.2) is 0 Å². The Morgan fingerprint density at radius 1 is 1.48 bits per heavy atom. The summed E-state index contributed by atoms with van der Waals surface area (Å²) in [5.74, 6) is -1.58. The van der Waals surface area contributed by atoms with Crippen LogP contribution in [-0.2, 0) is 27.3 Å². The van der Waals surface area contributed by atoms with E-state index in [-0.39, 0.29) is 5.70 Å². The molecule has 1 unspecified atom stereocenters. The zero-order valence-corrected chi connectivity index (χ0v) is 13.4. The van der Waals surface area contributed by atoms with Crippen LogP contribution in [-0.4, -0.2) is 33.9 Å². The van der Waals surface area contributed by atoms with Crippen LogP contribution < -0.4 is 5.32 Å². The Hall–Kier alpha value is -2.22. The molecule has 2 aliphatic heterocycles. The lowest BCUT2D eigenvalue weighted by Gasteiger charge is -2.13. The molecule has 23 heavy (non-hydrogen) atoms. The van der Waals surface area contributed by atoms with Gasteiger partial charge in [0.2, 0.25) is 0 Å². The molecule has 1 aromatic heterocycles. The van der Waals surface area contributed by atoms with Gasteiger partial charge in [-0.15, -0.1) is 11.8 Å². The third kappa shape index (κ3) is 3.12. The molecule has 0 radical (unpaired) electrons. The minimum absolute atomic E-state index is 0.0166. The number of esters is 1. The van der Waals surface area contributed by atoms with Gasteiger partial charge in [-0.1, -0.05) is 0 Å². The summed E-state index contributed by atoms with van der Waals surface area (Å²) >= 11 is 1.24. The van der Waals surface area contributed by atoms with Crippen molar-refractivity contribution < 1.29 is 19.4 Å². The average Bonchev–Trinajstić information content (AvgIpc) is 2.85. The second-order valence-corrected chi connectivity index (χ2v) is 6.31. The number of nitrogens with zero attached hydrogens (tertiary/aromatic N) is 2. The molecular weight excluding hydrogens is 318 g/mol. The predicted molar refractivity (Wildman–Crippen MR) is 84.5 cm³/mol. The number of thioether (sulfide) groups is 1. The Morgan fingerprint density at radius 3 is 3.00 bits per heavy atom. The summed E-state index contributed by atoms with van der Waals surface area (Å²) in [7, 11) is 1.31. The number of ether oxygens (including phenoxy) is 1. The van der Waals surface area contributed by atoms with E-state index < -0.39 is 17.2 Å². The number of carboxylic acids is 1. The van der Waals surface area contributed by atoms with Gasteiger partial charge in [-0.3, -0.25) is 4.68 Å². The van der Waals surface area contributed by atoms with Crippen molar-refractivity contribution in [2.45, 2.75) is 31.1 Å². The van der Waals surface area contributed by atoms with Gasteiger partial charge < -0.3 is 15.2 Å². The van der Waals surface area contributed by atoms with Gasteiger partial charge in [0.25, 0.3) is 0 Å². The Balaban J connectivity index is 1.97. The molecule has 122 valence electrons. The van der Waals surface area contributed by atoms with Crippen LogP contribution in [0.25, 0.3) is 0 Å². The number of aliphatic carboxylic acids is 1. The molecule has 0 spiro atoms. The first-order valence-corrected chi connectivity index (χ1v) is 8.25. The highest BCUT2D eigenvalue weighted by Gasteiger charge is 2.29. The number of carbonyl (C=O) groups is 2. The van der Waals surface area contributed by atoms with Crippen LogP contribution in [0.5, 0.6) is 0 Å². The third-order valence-electron chi connectivity index (χ3n) is 3.84. The smallest absolute Gasteiger partial charge is 0.352 e. The number of rotatable bonds is 3. The van der Waals surface area contributed by atoms with E-state index in [1.54, 1.807) is 0 Å². The Labute approximate surface area is 137 Å². The van der Waals surface area contributed by atoms with E-state index in [9.17, 15) is 9.59 Å². The lowest BCUT2D eigenvalue weighted by atomic mass is 10.1. The molecular formula is C15H17N3O4S. The molecule has 3 rings (SSSR count). The van der Waals surface area contributed by atoms with Crippen molar-refractivity contribution >= 4 is 23.7 Å². The van der Waals surface area contributed by atoms with Gasteiger partial charge in [-0.05, 0) is 25.3 Å². The molecule has 1 atom stereocenters. The highest BCUT2D eigenvalue weighted by molar-refractivity contribution is 8.02. The van der Waals surface area contributed by atoms with Crippen molar-refractivity contribution in [2.24, 2.45) is 0 Å². The maximum atomic E-state index is 12.1.